The average molecular weight is 317 g/mol. The Bertz CT molecular complexity index is 711. The number of carbonyl (C=O) groups is 1. The molecular weight excluding hydrogens is 298 g/mol. The summed E-state index contributed by atoms with van der Waals surface area (Å²) in [4.78, 5) is 28.9. The van der Waals surface area contributed by atoms with Crippen LogP contribution in [-0.4, -0.2) is 38.0 Å². The van der Waals surface area contributed by atoms with E-state index in [9.17, 15) is 14.9 Å². The van der Waals surface area contributed by atoms with Crippen LogP contribution >= 0.6 is 0 Å². The van der Waals surface area contributed by atoms with E-state index < -0.39 is 10.8 Å². The highest BCUT2D eigenvalue weighted by Gasteiger charge is 2.33. The number of pyridine rings is 1. The predicted octanol–water partition coefficient (Wildman–Crippen LogP) is 2.49. The van der Waals surface area contributed by atoms with Crippen LogP contribution in [0.25, 0.3) is 0 Å². The molecule has 1 atom stereocenters. The lowest BCUT2D eigenvalue weighted by atomic mass is 9.95. The van der Waals surface area contributed by atoms with Crippen LogP contribution in [0.1, 0.15) is 41.6 Å². The Morgan fingerprint density at radius 3 is 2.65 bits per heavy atom. The van der Waals surface area contributed by atoms with Crippen molar-refractivity contribution in [3.8, 4) is 0 Å². The normalized spacial score (nSPS) is 12.2. The molecule has 0 saturated heterocycles. The smallest absolute Gasteiger partial charge is 0.322 e. The Balaban J connectivity index is 2.40. The van der Waals surface area contributed by atoms with Gasteiger partial charge in [-0.15, -0.1) is 0 Å². The lowest BCUT2D eigenvalue weighted by Crippen LogP contribution is -2.34. The Hall–Kier alpha value is -2.77. The van der Waals surface area contributed by atoms with Crippen molar-refractivity contribution in [2.24, 2.45) is 5.92 Å². The number of aromatic nitrogens is 3. The number of carbonyl (C=O) groups excluding carboxylic acids is 1. The SMILES string of the molecule is Cc1[nH]nc(C(=O)N(C)C(c2cccnc2)C(C)C)c1[N+](=O)[O-]. The molecule has 1 amide bonds. The topological polar surface area (TPSA) is 105 Å². The summed E-state index contributed by atoms with van der Waals surface area (Å²) in [6, 6.07) is 3.42. The highest BCUT2D eigenvalue weighted by molar-refractivity contribution is 5.96. The van der Waals surface area contributed by atoms with Gasteiger partial charge < -0.3 is 4.90 Å². The maximum Gasteiger partial charge on any atom is 0.322 e. The third-order valence-corrected chi connectivity index (χ3v) is 3.70. The number of H-pyrrole nitrogens is 1. The van der Waals surface area contributed by atoms with E-state index in [1.807, 2.05) is 19.9 Å². The van der Waals surface area contributed by atoms with E-state index in [0.29, 0.717) is 0 Å². The largest absolute Gasteiger partial charge is 0.333 e. The number of rotatable bonds is 5. The molecule has 23 heavy (non-hydrogen) atoms. The van der Waals surface area contributed by atoms with Crippen molar-refractivity contribution < 1.29 is 9.72 Å². The molecule has 0 saturated carbocycles. The van der Waals surface area contributed by atoms with Crippen LogP contribution in [0.2, 0.25) is 0 Å². The fraction of sp³-hybridized carbons (Fsp3) is 0.400. The third-order valence-electron chi connectivity index (χ3n) is 3.70. The molecule has 2 heterocycles. The van der Waals surface area contributed by atoms with Crippen molar-refractivity contribution in [2.75, 3.05) is 7.05 Å². The van der Waals surface area contributed by atoms with Crippen molar-refractivity contribution in [3.05, 3.63) is 51.6 Å². The van der Waals surface area contributed by atoms with Gasteiger partial charge in [0.25, 0.3) is 5.91 Å². The summed E-state index contributed by atoms with van der Waals surface area (Å²) in [7, 11) is 1.62. The van der Waals surface area contributed by atoms with Gasteiger partial charge in [0.1, 0.15) is 5.69 Å². The van der Waals surface area contributed by atoms with E-state index in [2.05, 4.69) is 15.2 Å². The van der Waals surface area contributed by atoms with Gasteiger partial charge in [0.05, 0.1) is 11.0 Å². The molecule has 0 bridgehead atoms. The molecule has 0 spiro atoms. The van der Waals surface area contributed by atoms with Gasteiger partial charge in [-0.3, -0.25) is 25.0 Å². The van der Waals surface area contributed by atoms with E-state index in [0.717, 1.165) is 5.56 Å². The molecule has 8 heteroatoms. The number of nitrogens with zero attached hydrogens (tertiary/aromatic N) is 4. The summed E-state index contributed by atoms with van der Waals surface area (Å²) in [5, 5.41) is 17.5. The molecule has 0 aromatic carbocycles. The van der Waals surface area contributed by atoms with Crippen molar-refractivity contribution in [1.82, 2.24) is 20.1 Å². The monoisotopic (exact) mass is 317 g/mol. The fourth-order valence-electron chi connectivity index (χ4n) is 2.70. The zero-order valence-electron chi connectivity index (χ0n) is 13.5. The molecule has 2 rings (SSSR count). The van der Waals surface area contributed by atoms with Crippen LogP contribution < -0.4 is 0 Å². The predicted molar refractivity (Wildman–Crippen MR) is 83.9 cm³/mol. The molecule has 2 aromatic rings. The van der Waals surface area contributed by atoms with Gasteiger partial charge in [0.2, 0.25) is 5.69 Å². The van der Waals surface area contributed by atoms with E-state index in [1.165, 1.54) is 11.8 Å². The second kappa shape index (κ2) is 6.55. The third kappa shape index (κ3) is 3.20. The number of aryl methyl sites for hydroxylation is 1. The van der Waals surface area contributed by atoms with Gasteiger partial charge in [-0.25, -0.2) is 0 Å². The molecule has 0 aliphatic heterocycles. The first-order valence-corrected chi connectivity index (χ1v) is 7.21. The van der Waals surface area contributed by atoms with Gasteiger partial charge in [-0.05, 0) is 24.5 Å². The van der Waals surface area contributed by atoms with E-state index in [-0.39, 0.29) is 29.0 Å². The van der Waals surface area contributed by atoms with Gasteiger partial charge in [0.15, 0.2) is 0 Å². The highest BCUT2D eigenvalue weighted by atomic mass is 16.6. The molecule has 8 nitrogen and oxygen atoms in total. The maximum absolute atomic E-state index is 12.7. The zero-order valence-corrected chi connectivity index (χ0v) is 13.5. The first-order chi connectivity index (χ1) is 10.8. The van der Waals surface area contributed by atoms with Crippen molar-refractivity contribution in [3.63, 3.8) is 0 Å². The van der Waals surface area contributed by atoms with Crippen LogP contribution in [-0.2, 0) is 0 Å². The number of nitro groups is 1. The minimum Gasteiger partial charge on any atom is -0.333 e. The van der Waals surface area contributed by atoms with Crippen LogP contribution in [0, 0.1) is 23.0 Å². The second-order valence-corrected chi connectivity index (χ2v) is 5.69. The minimum atomic E-state index is -0.589. The first kappa shape index (κ1) is 16.6. The molecule has 0 aliphatic rings. The fourth-order valence-corrected chi connectivity index (χ4v) is 2.70. The van der Waals surface area contributed by atoms with Crippen LogP contribution in [0.5, 0.6) is 0 Å². The van der Waals surface area contributed by atoms with Gasteiger partial charge >= 0.3 is 5.69 Å². The maximum atomic E-state index is 12.7. The van der Waals surface area contributed by atoms with Crippen molar-refractivity contribution in [1.29, 1.82) is 0 Å². The van der Waals surface area contributed by atoms with Gasteiger partial charge in [0, 0.05) is 19.4 Å². The lowest BCUT2D eigenvalue weighted by molar-refractivity contribution is -0.385. The first-order valence-electron chi connectivity index (χ1n) is 7.21. The molecule has 122 valence electrons. The van der Waals surface area contributed by atoms with Crippen LogP contribution in [0.4, 0.5) is 5.69 Å². The number of aromatic amines is 1. The summed E-state index contributed by atoms with van der Waals surface area (Å²) in [5.74, 6) is -0.393. The number of hydrogen-bond donors (Lipinski definition) is 1. The van der Waals surface area contributed by atoms with Crippen LogP contribution in [0.3, 0.4) is 0 Å². The number of hydrogen-bond acceptors (Lipinski definition) is 5. The molecular formula is C15H19N5O3. The molecule has 1 unspecified atom stereocenters. The summed E-state index contributed by atoms with van der Waals surface area (Å²) in [6.07, 6.45) is 3.35. The van der Waals surface area contributed by atoms with Crippen LogP contribution in [0.15, 0.2) is 24.5 Å². The zero-order chi connectivity index (χ0) is 17.1. The molecule has 0 fully saturated rings. The Labute approximate surface area is 133 Å². The molecule has 1 N–H and O–H groups in total. The van der Waals surface area contributed by atoms with E-state index in [4.69, 9.17) is 0 Å². The summed E-state index contributed by atoms with van der Waals surface area (Å²) >= 11 is 0. The molecule has 2 aromatic heterocycles. The number of amides is 1. The highest BCUT2D eigenvalue weighted by Crippen LogP contribution is 2.30. The van der Waals surface area contributed by atoms with E-state index >= 15 is 0 Å². The minimum absolute atomic E-state index is 0.104. The molecule has 0 radical (unpaired) electrons. The summed E-state index contributed by atoms with van der Waals surface area (Å²) < 4.78 is 0. The average Bonchev–Trinajstić information content (AvgIpc) is 2.89. The lowest BCUT2D eigenvalue weighted by Gasteiger charge is -2.30. The van der Waals surface area contributed by atoms with E-state index in [1.54, 1.807) is 25.5 Å². The standard InChI is InChI=1S/C15H19N5O3/c1-9(2)13(11-6-5-7-16-8-11)19(4)15(21)12-14(20(22)23)10(3)17-18-12/h5-9,13H,1-4H3,(H,17,18). The second-order valence-electron chi connectivity index (χ2n) is 5.69. The Morgan fingerprint density at radius 2 is 2.13 bits per heavy atom. The quantitative estimate of drug-likeness (QED) is 0.673. The van der Waals surface area contributed by atoms with Gasteiger partial charge in [-0.2, -0.15) is 5.10 Å². The molecule has 0 aliphatic carbocycles. The summed E-state index contributed by atoms with van der Waals surface area (Å²) in [6.45, 7) is 5.47. The Kier molecular flexibility index (Phi) is 4.73. The van der Waals surface area contributed by atoms with Gasteiger partial charge in [-0.1, -0.05) is 19.9 Å². The summed E-state index contributed by atoms with van der Waals surface area (Å²) in [5.41, 5.74) is 0.669. The number of nitrogens with one attached hydrogen (secondary N) is 1. The van der Waals surface area contributed by atoms with Crippen molar-refractivity contribution in [2.45, 2.75) is 26.8 Å². The Morgan fingerprint density at radius 1 is 1.43 bits per heavy atom. The van der Waals surface area contributed by atoms with Crippen molar-refractivity contribution >= 4 is 11.6 Å².